The highest BCUT2D eigenvalue weighted by atomic mass is 16.7. The summed E-state index contributed by atoms with van der Waals surface area (Å²) in [4.78, 5) is 25.8. The van der Waals surface area contributed by atoms with Gasteiger partial charge in [-0.3, -0.25) is 4.90 Å². The number of rotatable bonds is 10. The van der Waals surface area contributed by atoms with E-state index in [9.17, 15) is 9.90 Å². The summed E-state index contributed by atoms with van der Waals surface area (Å²) in [5.74, 6) is 0.775. The van der Waals surface area contributed by atoms with E-state index in [2.05, 4.69) is 30.4 Å². The molecule has 0 spiro atoms. The van der Waals surface area contributed by atoms with Crippen molar-refractivity contribution in [3.63, 3.8) is 0 Å². The fourth-order valence-electron chi connectivity index (χ4n) is 5.72. The molecule has 3 N–H and O–H groups in total. The molecule has 0 radical (unpaired) electrons. The lowest BCUT2D eigenvalue weighted by Gasteiger charge is -2.40. The van der Waals surface area contributed by atoms with Gasteiger partial charge in [0.05, 0.1) is 18.8 Å². The second-order valence-corrected chi connectivity index (χ2v) is 11.4. The maximum absolute atomic E-state index is 12.3. The first-order chi connectivity index (χ1) is 22.1. The minimum atomic E-state index is -0.526. The Balaban J connectivity index is 1.07. The number of piperazine rings is 1. The molecule has 234 valence electrons. The molecule has 2 amide bonds. The van der Waals surface area contributed by atoms with Crippen LogP contribution in [-0.2, 0) is 29.2 Å². The number of anilines is 1. The molecule has 4 aromatic rings. The summed E-state index contributed by atoms with van der Waals surface area (Å²) in [5.41, 5.74) is 4.91. The van der Waals surface area contributed by atoms with Gasteiger partial charge in [0.25, 0.3) is 0 Å². The van der Waals surface area contributed by atoms with Crippen molar-refractivity contribution in [3.05, 3.63) is 125 Å². The third kappa shape index (κ3) is 8.43. The molecular formula is C35H40N6O4. The molecule has 2 fully saturated rings. The predicted molar refractivity (Wildman–Crippen MR) is 171 cm³/mol. The summed E-state index contributed by atoms with van der Waals surface area (Å²) in [5, 5.41) is 15.3. The van der Waals surface area contributed by atoms with Gasteiger partial charge >= 0.3 is 6.03 Å². The summed E-state index contributed by atoms with van der Waals surface area (Å²) in [6, 6.07) is 27.4. The van der Waals surface area contributed by atoms with Crippen LogP contribution in [0.4, 0.5) is 10.7 Å². The first kappa shape index (κ1) is 30.7. The number of urea groups is 1. The molecule has 3 unspecified atom stereocenters. The third-order valence-corrected chi connectivity index (χ3v) is 8.28. The van der Waals surface area contributed by atoms with E-state index in [1.165, 1.54) is 0 Å². The molecule has 1 aromatic heterocycles. The molecule has 3 heterocycles. The average Bonchev–Trinajstić information content (AvgIpc) is 3.11. The fourth-order valence-corrected chi connectivity index (χ4v) is 5.72. The lowest BCUT2D eigenvalue weighted by molar-refractivity contribution is -0.253. The van der Waals surface area contributed by atoms with Gasteiger partial charge in [-0.15, -0.1) is 0 Å². The van der Waals surface area contributed by atoms with E-state index in [1.807, 2.05) is 84.9 Å². The smallest absolute Gasteiger partial charge is 0.315 e. The van der Waals surface area contributed by atoms with Gasteiger partial charge in [0.2, 0.25) is 5.95 Å². The first-order valence-corrected chi connectivity index (χ1v) is 15.5. The van der Waals surface area contributed by atoms with Gasteiger partial charge in [-0.05, 0) is 28.3 Å². The van der Waals surface area contributed by atoms with Gasteiger partial charge in [-0.25, -0.2) is 14.8 Å². The van der Waals surface area contributed by atoms with Crippen LogP contribution in [0.15, 0.2) is 97.3 Å². The maximum Gasteiger partial charge on any atom is 0.315 e. The molecule has 10 nitrogen and oxygen atoms in total. The number of aliphatic hydroxyl groups is 1. The molecule has 45 heavy (non-hydrogen) atoms. The first-order valence-electron chi connectivity index (χ1n) is 15.5. The topological polar surface area (TPSA) is 112 Å². The second-order valence-electron chi connectivity index (χ2n) is 11.4. The molecule has 6 rings (SSSR count). The number of ether oxygens (including phenoxy) is 2. The summed E-state index contributed by atoms with van der Waals surface area (Å²) in [6.07, 6.45) is 3.60. The van der Waals surface area contributed by atoms with Crippen LogP contribution in [0.5, 0.6) is 0 Å². The number of nitrogens with one attached hydrogen (secondary N) is 2. The number of benzene rings is 3. The lowest BCUT2D eigenvalue weighted by Crippen LogP contribution is -2.50. The van der Waals surface area contributed by atoms with Crippen LogP contribution in [0.3, 0.4) is 0 Å². The summed E-state index contributed by atoms with van der Waals surface area (Å²) < 4.78 is 13.1. The summed E-state index contributed by atoms with van der Waals surface area (Å²) in [7, 11) is 0. The highest BCUT2D eigenvalue weighted by molar-refractivity contribution is 5.73. The van der Waals surface area contributed by atoms with Crippen LogP contribution in [0.25, 0.3) is 0 Å². The van der Waals surface area contributed by atoms with Crippen molar-refractivity contribution >= 4 is 12.0 Å². The van der Waals surface area contributed by atoms with Crippen molar-refractivity contribution in [3.8, 4) is 0 Å². The van der Waals surface area contributed by atoms with Crippen LogP contribution >= 0.6 is 0 Å². The number of aliphatic hydroxyl groups excluding tert-OH is 1. The highest BCUT2D eigenvalue weighted by Crippen LogP contribution is 2.38. The molecule has 0 saturated carbocycles. The molecule has 10 heteroatoms. The van der Waals surface area contributed by atoms with Gasteiger partial charge in [-0.1, -0.05) is 78.9 Å². The van der Waals surface area contributed by atoms with E-state index in [0.29, 0.717) is 13.1 Å². The zero-order chi connectivity index (χ0) is 30.8. The Hall–Kier alpha value is -4.35. The van der Waals surface area contributed by atoms with Crippen LogP contribution < -0.4 is 15.5 Å². The molecule has 3 atom stereocenters. The van der Waals surface area contributed by atoms with Crippen molar-refractivity contribution in [2.45, 2.75) is 44.6 Å². The van der Waals surface area contributed by atoms with E-state index in [4.69, 9.17) is 9.47 Å². The zero-order valence-corrected chi connectivity index (χ0v) is 25.3. The number of hydrogen-bond donors (Lipinski definition) is 3. The molecule has 3 aromatic carbocycles. The van der Waals surface area contributed by atoms with Gasteiger partial charge in [0.1, 0.15) is 0 Å². The molecular weight excluding hydrogens is 568 g/mol. The molecule has 2 aliphatic rings. The Morgan fingerprint density at radius 3 is 2.04 bits per heavy atom. The Bertz CT molecular complexity index is 1480. The summed E-state index contributed by atoms with van der Waals surface area (Å²) in [6.45, 7) is 5.23. The Kier molecular flexibility index (Phi) is 10.3. The van der Waals surface area contributed by atoms with Crippen LogP contribution in [0.1, 0.15) is 46.6 Å². The quantitative estimate of drug-likeness (QED) is 0.244. The molecule has 2 saturated heterocycles. The van der Waals surface area contributed by atoms with Gasteiger partial charge in [0.15, 0.2) is 6.29 Å². The summed E-state index contributed by atoms with van der Waals surface area (Å²) >= 11 is 0. The maximum atomic E-state index is 12.3. The Morgan fingerprint density at radius 2 is 1.38 bits per heavy atom. The van der Waals surface area contributed by atoms with Crippen molar-refractivity contribution in [2.75, 3.05) is 37.6 Å². The number of amides is 2. The molecule has 0 aliphatic carbocycles. The largest absolute Gasteiger partial charge is 0.392 e. The predicted octanol–water partition coefficient (Wildman–Crippen LogP) is 4.34. The number of nitrogens with zero attached hydrogens (tertiary/aromatic N) is 4. The van der Waals surface area contributed by atoms with E-state index in [0.717, 1.165) is 72.9 Å². The van der Waals surface area contributed by atoms with Crippen LogP contribution in [-0.4, -0.2) is 64.8 Å². The zero-order valence-electron chi connectivity index (χ0n) is 25.3. The normalized spacial score (nSPS) is 20.5. The number of hydrogen-bond acceptors (Lipinski definition) is 8. The van der Waals surface area contributed by atoms with Crippen LogP contribution in [0, 0.1) is 0 Å². The number of carbonyl (C=O) groups is 1. The van der Waals surface area contributed by atoms with Gasteiger partial charge in [-0.2, -0.15) is 0 Å². The van der Waals surface area contributed by atoms with Crippen molar-refractivity contribution in [1.29, 1.82) is 0 Å². The number of carbonyl (C=O) groups excluding carboxylic acids is 1. The third-order valence-electron chi connectivity index (χ3n) is 8.28. The van der Waals surface area contributed by atoms with Crippen molar-refractivity contribution in [1.82, 2.24) is 25.5 Å². The Morgan fingerprint density at radius 1 is 0.756 bits per heavy atom. The van der Waals surface area contributed by atoms with Crippen LogP contribution in [0.2, 0.25) is 0 Å². The fraction of sp³-hybridized carbons (Fsp3) is 0.343. The van der Waals surface area contributed by atoms with E-state index < -0.39 is 6.29 Å². The lowest BCUT2D eigenvalue weighted by atomic mass is 9.99. The standard InChI is InChI=1S/C35H40N6O4/c42-25-28-9-11-29(12-10-28)32-21-31(24-40-17-19-41(20-18-40)34-36-15-4-16-37-34)44-33(45-32)30-13-7-27(8-14-30)23-39-35(43)38-22-26-5-2-1-3-6-26/h1-16,31-33,42H,17-25H2,(H2,38,39,43). The SMILES string of the molecule is O=C(NCc1ccccc1)NCc1ccc(C2OC(CN3CCN(c4ncccn4)CC3)CC(c3ccc(CO)cc3)O2)cc1. The average molecular weight is 609 g/mol. The highest BCUT2D eigenvalue weighted by Gasteiger charge is 2.34. The minimum Gasteiger partial charge on any atom is -0.392 e. The van der Waals surface area contributed by atoms with Gasteiger partial charge < -0.3 is 30.1 Å². The van der Waals surface area contributed by atoms with Gasteiger partial charge in [0, 0.05) is 70.2 Å². The monoisotopic (exact) mass is 608 g/mol. The van der Waals surface area contributed by atoms with Crippen molar-refractivity contribution in [2.24, 2.45) is 0 Å². The molecule has 0 bridgehead atoms. The van der Waals surface area contributed by atoms with E-state index in [1.54, 1.807) is 12.4 Å². The second kappa shape index (κ2) is 15.1. The van der Waals surface area contributed by atoms with E-state index >= 15 is 0 Å². The van der Waals surface area contributed by atoms with Crippen molar-refractivity contribution < 1.29 is 19.4 Å². The van der Waals surface area contributed by atoms with E-state index in [-0.39, 0.29) is 24.8 Å². The number of aromatic nitrogens is 2. The minimum absolute atomic E-state index is 0.00998. The Labute approximate surface area is 264 Å². The molecule has 2 aliphatic heterocycles.